The molecule has 0 saturated carbocycles. The lowest BCUT2D eigenvalue weighted by molar-refractivity contribution is -0.143. The number of hydrogen-bond donors (Lipinski definition) is 1. The van der Waals surface area contributed by atoms with Crippen LogP contribution in [0, 0.1) is 19.8 Å². The molecule has 0 aliphatic carbocycles. The smallest absolute Gasteiger partial charge is 0.306 e. The Morgan fingerprint density at radius 3 is 2.62 bits per heavy atom. The predicted octanol–water partition coefficient (Wildman–Crippen LogP) is 3.58. The Bertz CT molecular complexity index is 707. The third-order valence-electron chi connectivity index (χ3n) is 4.97. The first-order valence-corrected chi connectivity index (χ1v) is 8.50. The number of piperidine rings is 1. The molecule has 0 amide bonds. The van der Waals surface area contributed by atoms with E-state index in [1.807, 2.05) is 12.3 Å². The number of pyridine rings is 1. The third-order valence-corrected chi connectivity index (χ3v) is 4.97. The summed E-state index contributed by atoms with van der Waals surface area (Å²) < 4.78 is 0. The van der Waals surface area contributed by atoms with Gasteiger partial charge in [-0.3, -0.25) is 14.7 Å². The molecule has 2 aromatic rings. The van der Waals surface area contributed by atoms with Crippen LogP contribution in [0.25, 0.3) is 0 Å². The van der Waals surface area contributed by atoms with Gasteiger partial charge in [0.2, 0.25) is 0 Å². The van der Waals surface area contributed by atoms with Crippen molar-refractivity contribution >= 4 is 5.97 Å². The number of carboxylic acid groups (broad SMARTS) is 1. The van der Waals surface area contributed by atoms with Crippen LogP contribution in [0.5, 0.6) is 0 Å². The molecule has 24 heavy (non-hydrogen) atoms. The van der Waals surface area contributed by atoms with Crippen LogP contribution in [0.2, 0.25) is 0 Å². The number of likely N-dealkylation sites (tertiary alicyclic amines) is 1. The molecule has 0 radical (unpaired) electrons. The minimum absolute atomic E-state index is 0.133. The van der Waals surface area contributed by atoms with Crippen LogP contribution in [0.1, 0.15) is 41.1 Å². The zero-order chi connectivity index (χ0) is 17.1. The Morgan fingerprint density at radius 1 is 1.25 bits per heavy atom. The van der Waals surface area contributed by atoms with Crippen LogP contribution >= 0.6 is 0 Å². The van der Waals surface area contributed by atoms with E-state index in [-0.39, 0.29) is 12.0 Å². The van der Waals surface area contributed by atoms with Crippen molar-refractivity contribution in [1.29, 1.82) is 0 Å². The highest BCUT2D eigenvalue weighted by Crippen LogP contribution is 2.34. The SMILES string of the molecule is Cc1ccc(C)c(C(c2cccnc2)N2CCC(C(=O)O)CC2)c1. The van der Waals surface area contributed by atoms with E-state index in [1.54, 1.807) is 6.20 Å². The van der Waals surface area contributed by atoms with Crippen molar-refractivity contribution in [3.05, 3.63) is 65.0 Å². The standard InChI is InChI=1S/C20H24N2O2/c1-14-5-6-15(2)18(12-14)19(17-4-3-9-21-13-17)22-10-7-16(8-11-22)20(23)24/h3-6,9,12-13,16,19H,7-8,10-11H2,1-2H3,(H,23,24). The summed E-state index contributed by atoms with van der Waals surface area (Å²) in [6.07, 6.45) is 5.13. The normalized spacial score (nSPS) is 17.6. The Hall–Kier alpha value is -2.20. The second-order valence-corrected chi connectivity index (χ2v) is 6.70. The molecular weight excluding hydrogens is 300 g/mol. The van der Waals surface area contributed by atoms with E-state index >= 15 is 0 Å². The van der Waals surface area contributed by atoms with E-state index < -0.39 is 5.97 Å². The molecule has 1 aromatic carbocycles. The Kier molecular flexibility index (Phi) is 4.95. The molecule has 1 N–H and O–H groups in total. The Labute approximate surface area is 143 Å². The number of benzene rings is 1. The van der Waals surface area contributed by atoms with Crippen LogP contribution in [0.15, 0.2) is 42.7 Å². The van der Waals surface area contributed by atoms with Crippen LogP contribution in [0.3, 0.4) is 0 Å². The lowest BCUT2D eigenvalue weighted by Crippen LogP contribution is -2.39. The van der Waals surface area contributed by atoms with Gasteiger partial charge in [0.25, 0.3) is 0 Å². The van der Waals surface area contributed by atoms with Gasteiger partial charge in [-0.2, -0.15) is 0 Å². The summed E-state index contributed by atoms with van der Waals surface area (Å²) >= 11 is 0. The van der Waals surface area contributed by atoms with Crippen LogP contribution < -0.4 is 0 Å². The molecule has 0 spiro atoms. The zero-order valence-electron chi connectivity index (χ0n) is 14.3. The number of aryl methyl sites for hydroxylation is 2. The monoisotopic (exact) mass is 324 g/mol. The molecule has 1 aliphatic rings. The second kappa shape index (κ2) is 7.14. The van der Waals surface area contributed by atoms with E-state index in [9.17, 15) is 9.90 Å². The van der Waals surface area contributed by atoms with Gasteiger partial charge in [0, 0.05) is 12.4 Å². The molecular formula is C20H24N2O2. The maximum absolute atomic E-state index is 11.2. The molecule has 1 saturated heterocycles. The van der Waals surface area contributed by atoms with Crippen LogP contribution in [-0.4, -0.2) is 34.0 Å². The fourth-order valence-corrected chi connectivity index (χ4v) is 3.58. The first kappa shape index (κ1) is 16.7. The van der Waals surface area contributed by atoms with E-state index in [0.717, 1.165) is 13.1 Å². The molecule has 1 aliphatic heterocycles. The van der Waals surface area contributed by atoms with Gasteiger partial charge in [0.1, 0.15) is 0 Å². The summed E-state index contributed by atoms with van der Waals surface area (Å²) in [7, 11) is 0. The van der Waals surface area contributed by atoms with Gasteiger partial charge >= 0.3 is 5.97 Å². The molecule has 1 fully saturated rings. The van der Waals surface area contributed by atoms with Crippen molar-refractivity contribution in [2.45, 2.75) is 32.7 Å². The molecule has 1 aromatic heterocycles. The summed E-state index contributed by atoms with van der Waals surface area (Å²) in [5, 5.41) is 9.25. The average Bonchev–Trinajstić information content (AvgIpc) is 2.60. The maximum Gasteiger partial charge on any atom is 0.306 e. The first-order valence-electron chi connectivity index (χ1n) is 8.50. The van der Waals surface area contributed by atoms with Gasteiger partial charge in [0.15, 0.2) is 0 Å². The van der Waals surface area contributed by atoms with E-state index in [0.29, 0.717) is 12.8 Å². The number of aromatic nitrogens is 1. The van der Waals surface area contributed by atoms with Crippen molar-refractivity contribution in [1.82, 2.24) is 9.88 Å². The summed E-state index contributed by atoms with van der Waals surface area (Å²) in [6, 6.07) is 10.8. The maximum atomic E-state index is 11.2. The van der Waals surface area contributed by atoms with Gasteiger partial charge in [-0.05, 0) is 62.5 Å². The van der Waals surface area contributed by atoms with Gasteiger partial charge in [-0.1, -0.05) is 29.8 Å². The van der Waals surface area contributed by atoms with Gasteiger partial charge in [-0.25, -0.2) is 0 Å². The minimum Gasteiger partial charge on any atom is -0.481 e. The van der Waals surface area contributed by atoms with Gasteiger partial charge < -0.3 is 5.11 Å². The average molecular weight is 324 g/mol. The van der Waals surface area contributed by atoms with Crippen molar-refractivity contribution < 1.29 is 9.90 Å². The van der Waals surface area contributed by atoms with Crippen molar-refractivity contribution in [3.63, 3.8) is 0 Å². The molecule has 4 nitrogen and oxygen atoms in total. The summed E-state index contributed by atoms with van der Waals surface area (Å²) in [5.74, 6) is -0.881. The van der Waals surface area contributed by atoms with E-state index in [1.165, 1.54) is 22.3 Å². The summed E-state index contributed by atoms with van der Waals surface area (Å²) in [5.41, 5.74) is 4.96. The molecule has 3 rings (SSSR count). The summed E-state index contributed by atoms with van der Waals surface area (Å²) in [4.78, 5) is 17.9. The lowest BCUT2D eigenvalue weighted by atomic mass is 9.89. The quantitative estimate of drug-likeness (QED) is 0.934. The van der Waals surface area contributed by atoms with Crippen molar-refractivity contribution in [2.75, 3.05) is 13.1 Å². The molecule has 0 bridgehead atoms. The van der Waals surface area contributed by atoms with Crippen molar-refractivity contribution in [3.8, 4) is 0 Å². The van der Waals surface area contributed by atoms with Gasteiger partial charge in [-0.15, -0.1) is 0 Å². The zero-order valence-corrected chi connectivity index (χ0v) is 14.3. The number of carbonyl (C=O) groups is 1. The molecule has 1 unspecified atom stereocenters. The highest BCUT2D eigenvalue weighted by Gasteiger charge is 2.30. The number of rotatable bonds is 4. The highest BCUT2D eigenvalue weighted by molar-refractivity contribution is 5.70. The van der Waals surface area contributed by atoms with E-state index in [4.69, 9.17) is 0 Å². The topological polar surface area (TPSA) is 53.4 Å². The predicted molar refractivity (Wildman–Crippen MR) is 93.9 cm³/mol. The number of carboxylic acids is 1. The van der Waals surface area contributed by atoms with Crippen LogP contribution in [0.4, 0.5) is 0 Å². The minimum atomic E-state index is -0.667. The third kappa shape index (κ3) is 3.49. The van der Waals surface area contributed by atoms with E-state index in [2.05, 4.69) is 48.0 Å². The molecule has 126 valence electrons. The number of aliphatic carboxylic acids is 1. The highest BCUT2D eigenvalue weighted by atomic mass is 16.4. The number of nitrogens with zero attached hydrogens (tertiary/aromatic N) is 2. The fourth-order valence-electron chi connectivity index (χ4n) is 3.58. The first-order chi connectivity index (χ1) is 11.6. The molecule has 2 heterocycles. The second-order valence-electron chi connectivity index (χ2n) is 6.70. The fraction of sp³-hybridized carbons (Fsp3) is 0.400. The molecule has 1 atom stereocenters. The van der Waals surface area contributed by atoms with Crippen LogP contribution in [-0.2, 0) is 4.79 Å². The Balaban J connectivity index is 1.95. The van der Waals surface area contributed by atoms with Gasteiger partial charge in [0.05, 0.1) is 12.0 Å². The lowest BCUT2D eigenvalue weighted by Gasteiger charge is -2.37. The van der Waals surface area contributed by atoms with Crippen molar-refractivity contribution in [2.24, 2.45) is 5.92 Å². The largest absolute Gasteiger partial charge is 0.481 e. The summed E-state index contributed by atoms with van der Waals surface area (Å²) in [6.45, 7) is 5.84. The molecule has 4 heteroatoms. The Morgan fingerprint density at radius 2 is 2.00 bits per heavy atom. The number of hydrogen-bond acceptors (Lipinski definition) is 3.